The van der Waals surface area contributed by atoms with Crippen molar-refractivity contribution >= 4 is 5.97 Å². The molecule has 16 heavy (non-hydrogen) atoms. The summed E-state index contributed by atoms with van der Waals surface area (Å²) in [6.07, 6.45) is 0. The van der Waals surface area contributed by atoms with Gasteiger partial charge in [-0.05, 0) is 11.0 Å². The number of hydrogen-bond acceptors (Lipinski definition) is 3. The highest BCUT2D eigenvalue weighted by atomic mass is 16.5. The Morgan fingerprint density at radius 2 is 1.88 bits per heavy atom. The summed E-state index contributed by atoms with van der Waals surface area (Å²) < 4.78 is 5.15. The molecule has 0 fully saturated rings. The van der Waals surface area contributed by atoms with Crippen LogP contribution in [0.3, 0.4) is 0 Å². The smallest absolute Gasteiger partial charge is 0.323 e. The molecular formula is C13H19NO2. The minimum absolute atomic E-state index is 0.270. The van der Waals surface area contributed by atoms with Crippen molar-refractivity contribution in [1.82, 2.24) is 0 Å². The van der Waals surface area contributed by atoms with Crippen LogP contribution in [0.2, 0.25) is 0 Å². The van der Waals surface area contributed by atoms with Crippen molar-refractivity contribution in [3.05, 3.63) is 35.9 Å². The minimum atomic E-state index is -0.587. The van der Waals surface area contributed by atoms with Gasteiger partial charge in [0.05, 0.1) is 0 Å². The molecule has 0 radical (unpaired) electrons. The highest BCUT2D eigenvalue weighted by Gasteiger charge is 2.28. The molecule has 0 aliphatic rings. The van der Waals surface area contributed by atoms with E-state index < -0.39 is 6.04 Å². The van der Waals surface area contributed by atoms with Crippen molar-refractivity contribution in [2.45, 2.75) is 33.4 Å². The topological polar surface area (TPSA) is 52.3 Å². The number of nitrogens with two attached hydrogens (primary N) is 1. The summed E-state index contributed by atoms with van der Waals surface area (Å²) >= 11 is 0. The predicted octanol–water partition coefficient (Wildman–Crippen LogP) is 2.10. The van der Waals surface area contributed by atoms with E-state index in [0.717, 1.165) is 5.56 Å². The zero-order valence-electron chi connectivity index (χ0n) is 10.1. The second-order valence-corrected chi connectivity index (χ2v) is 4.94. The molecule has 0 heterocycles. The van der Waals surface area contributed by atoms with E-state index in [1.165, 1.54) is 0 Å². The number of ether oxygens (including phenoxy) is 1. The summed E-state index contributed by atoms with van der Waals surface area (Å²) in [4.78, 5) is 11.6. The molecule has 3 heteroatoms. The van der Waals surface area contributed by atoms with Crippen molar-refractivity contribution in [3.63, 3.8) is 0 Å². The fourth-order valence-corrected chi connectivity index (χ4v) is 1.17. The van der Waals surface area contributed by atoms with Crippen molar-refractivity contribution in [1.29, 1.82) is 0 Å². The van der Waals surface area contributed by atoms with Crippen molar-refractivity contribution < 1.29 is 9.53 Å². The van der Waals surface area contributed by atoms with Gasteiger partial charge in [0.2, 0.25) is 0 Å². The van der Waals surface area contributed by atoms with Crippen LogP contribution in [0.25, 0.3) is 0 Å². The Morgan fingerprint density at radius 3 is 2.38 bits per heavy atom. The van der Waals surface area contributed by atoms with E-state index in [2.05, 4.69) is 0 Å². The Morgan fingerprint density at radius 1 is 1.31 bits per heavy atom. The van der Waals surface area contributed by atoms with Crippen LogP contribution in [0.15, 0.2) is 30.3 Å². The third kappa shape index (κ3) is 3.66. The lowest BCUT2D eigenvalue weighted by molar-refractivity contribution is -0.149. The van der Waals surface area contributed by atoms with Gasteiger partial charge in [0, 0.05) is 0 Å². The number of carbonyl (C=O) groups excluding carboxylic acids is 1. The number of esters is 1. The molecule has 2 N–H and O–H groups in total. The lowest BCUT2D eigenvalue weighted by Gasteiger charge is -2.24. The first kappa shape index (κ1) is 12.7. The van der Waals surface area contributed by atoms with Gasteiger partial charge in [-0.15, -0.1) is 0 Å². The molecular weight excluding hydrogens is 202 g/mol. The molecule has 0 amide bonds. The standard InChI is InChI=1S/C13H19NO2/c1-13(2,3)11(14)12(15)16-9-10-7-5-4-6-8-10/h4-8,11H,9,14H2,1-3H3/t11-/m1/s1. The van der Waals surface area contributed by atoms with E-state index in [4.69, 9.17) is 10.5 Å². The third-order valence-electron chi connectivity index (χ3n) is 2.41. The molecule has 0 bridgehead atoms. The van der Waals surface area contributed by atoms with Gasteiger partial charge in [-0.25, -0.2) is 0 Å². The van der Waals surface area contributed by atoms with Crippen LogP contribution in [-0.2, 0) is 16.1 Å². The molecule has 3 nitrogen and oxygen atoms in total. The van der Waals surface area contributed by atoms with E-state index in [9.17, 15) is 4.79 Å². The molecule has 0 unspecified atom stereocenters. The first-order valence-corrected chi connectivity index (χ1v) is 5.37. The van der Waals surface area contributed by atoms with Crippen LogP contribution in [0.5, 0.6) is 0 Å². The summed E-state index contributed by atoms with van der Waals surface area (Å²) in [5.41, 5.74) is 6.48. The maximum atomic E-state index is 11.6. The van der Waals surface area contributed by atoms with Crippen molar-refractivity contribution in [2.24, 2.45) is 11.1 Å². The zero-order chi connectivity index (χ0) is 12.2. The lowest BCUT2D eigenvalue weighted by atomic mass is 9.87. The zero-order valence-corrected chi connectivity index (χ0v) is 10.1. The summed E-state index contributed by atoms with van der Waals surface area (Å²) in [7, 11) is 0. The summed E-state index contributed by atoms with van der Waals surface area (Å²) in [6, 6.07) is 8.98. The van der Waals surface area contributed by atoms with Crippen LogP contribution >= 0.6 is 0 Å². The largest absolute Gasteiger partial charge is 0.460 e. The number of rotatable bonds is 3. The van der Waals surface area contributed by atoms with Crippen LogP contribution in [0.1, 0.15) is 26.3 Å². The Kier molecular flexibility index (Phi) is 4.07. The van der Waals surface area contributed by atoms with Gasteiger partial charge in [-0.1, -0.05) is 51.1 Å². The minimum Gasteiger partial charge on any atom is -0.460 e. The van der Waals surface area contributed by atoms with Gasteiger partial charge < -0.3 is 10.5 Å². The summed E-state index contributed by atoms with van der Waals surface area (Å²) in [6.45, 7) is 6.04. The van der Waals surface area contributed by atoms with Crippen LogP contribution < -0.4 is 5.73 Å². The Hall–Kier alpha value is -1.35. The maximum absolute atomic E-state index is 11.6. The third-order valence-corrected chi connectivity index (χ3v) is 2.41. The monoisotopic (exact) mass is 221 g/mol. The number of carbonyl (C=O) groups is 1. The first-order valence-electron chi connectivity index (χ1n) is 5.37. The molecule has 0 aliphatic carbocycles. The molecule has 0 aliphatic heterocycles. The second-order valence-electron chi connectivity index (χ2n) is 4.94. The highest BCUT2D eigenvalue weighted by Crippen LogP contribution is 2.18. The van der Waals surface area contributed by atoms with Crippen LogP contribution in [0, 0.1) is 5.41 Å². The summed E-state index contributed by atoms with van der Waals surface area (Å²) in [5.74, 6) is -0.351. The maximum Gasteiger partial charge on any atom is 0.323 e. The summed E-state index contributed by atoms with van der Waals surface area (Å²) in [5, 5.41) is 0. The van der Waals surface area contributed by atoms with Gasteiger partial charge in [-0.2, -0.15) is 0 Å². The van der Waals surface area contributed by atoms with Gasteiger partial charge in [0.1, 0.15) is 12.6 Å². The number of benzene rings is 1. The van der Waals surface area contributed by atoms with E-state index in [1.807, 2.05) is 51.1 Å². The molecule has 0 saturated carbocycles. The fraction of sp³-hybridized carbons (Fsp3) is 0.462. The molecule has 0 aromatic heterocycles. The quantitative estimate of drug-likeness (QED) is 0.795. The molecule has 1 atom stereocenters. The Bertz CT molecular complexity index is 341. The van der Waals surface area contributed by atoms with E-state index in [0.29, 0.717) is 0 Å². The average Bonchev–Trinajstić information content (AvgIpc) is 2.25. The molecule has 88 valence electrons. The second kappa shape index (κ2) is 5.12. The van der Waals surface area contributed by atoms with Gasteiger partial charge >= 0.3 is 5.97 Å². The first-order chi connectivity index (χ1) is 7.41. The predicted molar refractivity (Wildman–Crippen MR) is 63.7 cm³/mol. The van der Waals surface area contributed by atoms with Crippen LogP contribution in [0.4, 0.5) is 0 Å². The lowest BCUT2D eigenvalue weighted by Crippen LogP contribution is -2.43. The molecule has 1 aromatic carbocycles. The normalized spacial score (nSPS) is 13.2. The Balaban J connectivity index is 2.48. The van der Waals surface area contributed by atoms with Gasteiger partial charge in [0.15, 0.2) is 0 Å². The van der Waals surface area contributed by atoms with Crippen LogP contribution in [-0.4, -0.2) is 12.0 Å². The van der Waals surface area contributed by atoms with E-state index in [1.54, 1.807) is 0 Å². The van der Waals surface area contributed by atoms with Crippen molar-refractivity contribution in [3.8, 4) is 0 Å². The molecule has 1 aromatic rings. The molecule has 0 spiro atoms. The molecule has 1 rings (SSSR count). The van der Waals surface area contributed by atoms with Crippen molar-refractivity contribution in [2.75, 3.05) is 0 Å². The van der Waals surface area contributed by atoms with E-state index >= 15 is 0 Å². The average molecular weight is 221 g/mol. The van der Waals surface area contributed by atoms with E-state index in [-0.39, 0.29) is 18.0 Å². The fourth-order valence-electron chi connectivity index (χ4n) is 1.17. The van der Waals surface area contributed by atoms with Gasteiger partial charge in [-0.3, -0.25) is 4.79 Å². The Labute approximate surface area is 96.6 Å². The number of hydrogen-bond donors (Lipinski definition) is 1. The van der Waals surface area contributed by atoms with Gasteiger partial charge in [0.25, 0.3) is 0 Å². The highest BCUT2D eigenvalue weighted by molar-refractivity contribution is 5.76. The SMILES string of the molecule is CC(C)(C)[C@H](N)C(=O)OCc1ccccc1. The molecule has 0 saturated heterocycles.